The molecule has 2 aromatic rings. The quantitative estimate of drug-likeness (QED) is 0.345. The van der Waals surface area contributed by atoms with Gasteiger partial charge in [-0.2, -0.15) is 0 Å². The molecule has 0 bridgehead atoms. The summed E-state index contributed by atoms with van der Waals surface area (Å²) in [4.78, 5) is 11.5. The predicted octanol–water partition coefficient (Wildman–Crippen LogP) is 4.27. The van der Waals surface area contributed by atoms with E-state index in [9.17, 15) is 13.2 Å². The van der Waals surface area contributed by atoms with Gasteiger partial charge in [0.25, 0.3) is 0 Å². The number of carbonyl (C=O) groups excluding carboxylic acids is 1. The van der Waals surface area contributed by atoms with Crippen molar-refractivity contribution in [2.24, 2.45) is 0 Å². The fourth-order valence-electron chi connectivity index (χ4n) is 3.07. The Morgan fingerprint density at radius 1 is 0.903 bits per heavy atom. The number of methoxy groups -OCH3 is 1. The monoisotopic (exact) mass is 447 g/mol. The number of esters is 1. The van der Waals surface area contributed by atoms with Crippen molar-refractivity contribution >= 4 is 16.0 Å². The Morgan fingerprint density at radius 2 is 1.55 bits per heavy atom. The highest BCUT2D eigenvalue weighted by atomic mass is 32.2. The lowest BCUT2D eigenvalue weighted by atomic mass is 10.1. The first-order valence-electron chi connectivity index (χ1n) is 10.8. The van der Waals surface area contributed by atoms with Crippen LogP contribution >= 0.6 is 0 Å². The molecular weight excluding hydrogens is 414 g/mol. The maximum Gasteiger partial charge on any atom is 0.305 e. The van der Waals surface area contributed by atoms with Gasteiger partial charge in [0.05, 0.1) is 18.6 Å². The van der Waals surface area contributed by atoms with Gasteiger partial charge < -0.3 is 9.47 Å². The van der Waals surface area contributed by atoms with Crippen LogP contribution in [0.2, 0.25) is 0 Å². The zero-order valence-electron chi connectivity index (χ0n) is 18.4. The molecule has 0 amide bonds. The first-order chi connectivity index (χ1) is 14.9. The fraction of sp³-hybridized carbons (Fsp3) is 0.458. The van der Waals surface area contributed by atoms with Crippen LogP contribution in [0.15, 0.2) is 53.4 Å². The standard InChI is InChI=1S/C24H33NO5S/c1-3-4-5-7-20-10-15-23(16-11-20)31(27,28)25-18-6-19-30-22-13-8-21(9-14-22)12-17-24(26)29-2/h8-11,13-16,25H,3-7,12,17-19H2,1-2H3. The molecule has 2 rings (SSSR count). The molecule has 7 heteroatoms. The lowest BCUT2D eigenvalue weighted by Gasteiger charge is -2.09. The van der Waals surface area contributed by atoms with Crippen LogP contribution in [-0.2, 0) is 32.4 Å². The summed E-state index contributed by atoms with van der Waals surface area (Å²) in [5.41, 5.74) is 2.19. The van der Waals surface area contributed by atoms with Crippen molar-refractivity contribution in [1.29, 1.82) is 0 Å². The van der Waals surface area contributed by atoms with Gasteiger partial charge in [-0.15, -0.1) is 0 Å². The summed E-state index contributed by atoms with van der Waals surface area (Å²) in [7, 11) is -2.13. The van der Waals surface area contributed by atoms with Gasteiger partial charge in [0.15, 0.2) is 0 Å². The molecule has 31 heavy (non-hydrogen) atoms. The third-order valence-electron chi connectivity index (χ3n) is 4.95. The lowest BCUT2D eigenvalue weighted by Crippen LogP contribution is -2.25. The molecule has 170 valence electrons. The highest BCUT2D eigenvalue weighted by molar-refractivity contribution is 7.89. The van der Waals surface area contributed by atoms with Crippen LogP contribution in [0.5, 0.6) is 5.75 Å². The van der Waals surface area contributed by atoms with E-state index in [0.29, 0.717) is 38.2 Å². The average Bonchev–Trinajstić information content (AvgIpc) is 2.78. The topological polar surface area (TPSA) is 81.7 Å². The van der Waals surface area contributed by atoms with Crippen molar-refractivity contribution in [2.75, 3.05) is 20.3 Å². The number of aryl methyl sites for hydroxylation is 2. The summed E-state index contributed by atoms with van der Waals surface area (Å²) in [6, 6.07) is 14.6. The van der Waals surface area contributed by atoms with Gasteiger partial charge in [-0.25, -0.2) is 13.1 Å². The second-order valence-corrected chi connectivity index (χ2v) is 9.19. The van der Waals surface area contributed by atoms with Crippen LogP contribution in [0.3, 0.4) is 0 Å². The molecule has 0 spiro atoms. The Hall–Kier alpha value is -2.38. The van der Waals surface area contributed by atoms with Crippen LogP contribution in [0.4, 0.5) is 0 Å². The van der Waals surface area contributed by atoms with E-state index in [2.05, 4.69) is 16.4 Å². The summed E-state index contributed by atoms with van der Waals surface area (Å²) in [5, 5.41) is 0. The smallest absolute Gasteiger partial charge is 0.305 e. The Labute approximate surface area is 186 Å². The average molecular weight is 448 g/mol. The molecule has 0 aliphatic heterocycles. The minimum absolute atomic E-state index is 0.231. The molecule has 0 aromatic heterocycles. The van der Waals surface area contributed by atoms with Gasteiger partial charge >= 0.3 is 5.97 Å². The van der Waals surface area contributed by atoms with Crippen molar-refractivity contribution in [2.45, 2.75) is 56.8 Å². The number of carbonyl (C=O) groups is 1. The van der Waals surface area contributed by atoms with Gasteiger partial charge in [-0.05, 0) is 61.1 Å². The maximum absolute atomic E-state index is 12.4. The highest BCUT2D eigenvalue weighted by Gasteiger charge is 2.13. The molecule has 6 nitrogen and oxygen atoms in total. The van der Waals surface area contributed by atoms with E-state index in [1.807, 2.05) is 36.4 Å². The largest absolute Gasteiger partial charge is 0.494 e. The number of unbranched alkanes of at least 4 members (excludes halogenated alkanes) is 2. The predicted molar refractivity (Wildman–Crippen MR) is 122 cm³/mol. The molecule has 0 saturated carbocycles. The fourth-order valence-corrected chi connectivity index (χ4v) is 4.14. The van der Waals surface area contributed by atoms with Gasteiger partial charge in [0, 0.05) is 13.0 Å². The van der Waals surface area contributed by atoms with E-state index < -0.39 is 10.0 Å². The molecule has 0 saturated heterocycles. The van der Waals surface area contributed by atoms with Gasteiger partial charge in [-0.1, -0.05) is 44.0 Å². The Balaban J connectivity index is 1.70. The molecule has 0 unspecified atom stereocenters. The van der Waals surface area contributed by atoms with Crippen molar-refractivity contribution in [3.05, 3.63) is 59.7 Å². The SMILES string of the molecule is CCCCCc1ccc(S(=O)(=O)NCCCOc2ccc(CCC(=O)OC)cc2)cc1. The van der Waals surface area contributed by atoms with E-state index in [0.717, 1.165) is 24.0 Å². The summed E-state index contributed by atoms with van der Waals surface area (Å²) in [5.74, 6) is 0.481. The number of nitrogens with one attached hydrogen (secondary N) is 1. The molecule has 0 radical (unpaired) electrons. The molecule has 0 heterocycles. The summed E-state index contributed by atoms with van der Waals surface area (Å²) in [6.45, 7) is 2.87. The summed E-state index contributed by atoms with van der Waals surface area (Å²) >= 11 is 0. The first-order valence-corrected chi connectivity index (χ1v) is 12.3. The number of hydrogen-bond acceptors (Lipinski definition) is 5. The van der Waals surface area contributed by atoms with Gasteiger partial charge in [-0.3, -0.25) is 4.79 Å². The second kappa shape index (κ2) is 13.1. The van der Waals surface area contributed by atoms with Crippen molar-refractivity contribution in [1.82, 2.24) is 4.72 Å². The zero-order valence-corrected chi connectivity index (χ0v) is 19.2. The number of rotatable bonds is 14. The van der Waals surface area contributed by atoms with Gasteiger partial charge in [0.1, 0.15) is 5.75 Å². The number of sulfonamides is 1. The molecule has 1 N–H and O–H groups in total. The minimum Gasteiger partial charge on any atom is -0.494 e. The number of ether oxygens (including phenoxy) is 2. The highest BCUT2D eigenvalue weighted by Crippen LogP contribution is 2.15. The van der Waals surface area contributed by atoms with E-state index in [1.165, 1.54) is 20.0 Å². The molecular formula is C24H33NO5S. The van der Waals surface area contributed by atoms with Crippen molar-refractivity contribution in [3.8, 4) is 5.75 Å². The van der Waals surface area contributed by atoms with Crippen molar-refractivity contribution < 1.29 is 22.7 Å². The third-order valence-corrected chi connectivity index (χ3v) is 6.43. The third kappa shape index (κ3) is 9.11. The second-order valence-electron chi connectivity index (χ2n) is 7.42. The van der Waals surface area contributed by atoms with Crippen LogP contribution < -0.4 is 9.46 Å². The Bertz CT molecular complexity index is 893. The van der Waals surface area contributed by atoms with E-state index in [-0.39, 0.29) is 10.9 Å². The Morgan fingerprint density at radius 3 is 2.19 bits per heavy atom. The first kappa shape index (κ1) is 24.9. The van der Waals surface area contributed by atoms with Crippen molar-refractivity contribution in [3.63, 3.8) is 0 Å². The normalized spacial score (nSPS) is 11.3. The number of benzene rings is 2. The number of hydrogen-bond donors (Lipinski definition) is 1. The lowest BCUT2D eigenvalue weighted by molar-refractivity contribution is -0.140. The van der Waals surface area contributed by atoms with Crippen LogP contribution in [0.25, 0.3) is 0 Å². The van der Waals surface area contributed by atoms with E-state index in [1.54, 1.807) is 12.1 Å². The minimum atomic E-state index is -3.51. The summed E-state index contributed by atoms with van der Waals surface area (Å²) in [6.07, 6.45) is 5.97. The van der Waals surface area contributed by atoms with Crippen LogP contribution in [0, 0.1) is 0 Å². The zero-order chi connectivity index (χ0) is 22.5. The van der Waals surface area contributed by atoms with E-state index >= 15 is 0 Å². The summed E-state index contributed by atoms with van der Waals surface area (Å²) < 4.78 is 37.8. The maximum atomic E-state index is 12.4. The van der Waals surface area contributed by atoms with Crippen LogP contribution in [0.1, 0.15) is 50.2 Å². The van der Waals surface area contributed by atoms with Crippen LogP contribution in [-0.4, -0.2) is 34.6 Å². The molecule has 2 aromatic carbocycles. The molecule has 0 atom stereocenters. The Kier molecular flexibility index (Phi) is 10.5. The molecule has 0 aliphatic carbocycles. The molecule has 0 aliphatic rings. The van der Waals surface area contributed by atoms with E-state index in [4.69, 9.17) is 4.74 Å². The molecule has 0 fully saturated rings. The van der Waals surface area contributed by atoms with Gasteiger partial charge in [0.2, 0.25) is 10.0 Å².